The molecule has 55 heavy (non-hydrogen) atoms. The van der Waals surface area contributed by atoms with Crippen molar-refractivity contribution in [2.24, 2.45) is 11.8 Å². The van der Waals surface area contributed by atoms with E-state index in [1.54, 1.807) is 19.1 Å². The fourth-order valence-corrected chi connectivity index (χ4v) is 8.75. The topological polar surface area (TPSA) is 143 Å². The zero-order valence-corrected chi connectivity index (χ0v) is 34.4. The van der Waals surface area contributed by atoms with Crippen molar-refractivity contribution < 1.29 is 38.8 Å². The number of ketones is 2. The van der Waals surface area contributed by atoms with E-state index in [4.69, 9.17) is 14.2 Å². The molecule has 10 heteroatoms. The molecule has 4 unspecified atom stereocenters. The third-order valence-electron chi connectivity index (χ3n) is 11.6. The van der Waals surface area contributed by atoms with Crippen LogP contribution in [-0.4, -0.2) is 77.3 Å². The van der Waals surface area contributed by atoms with Gasteiger partial charge in [0.2, 0.25) is 0 Å². The van der Waals surface area contributed by atoms with Crippen molar-refractivity contribution in [1.82, 2.24) is 10.6 Å². The number of carbonyl (C=O) groups is 3. The van der Waals surface area contributed by atoms with Crippen LogP contribution >= 0.6 is 0 Å². The van der Waals surface area contributed by atoms with E-state index < -0.39 is 40.4 Å². The monoisotopic (exact) mass is 758 g/mol. The number of rotatable bonds is 18. The fraction of sp³-hybridized carbons (Fsp3) is 0.578. The van der Waals surface area contributed by atoms with Gasteiger partial charge in [-0.3, -0.25) is 9.59 Å². The minimum Gasteiger partial charge on any atom is -0.507 e. The number of esters is 1. The molecule has 0 aromatic heterocycles. The van der Waals surface area contributed by atoms with E-state index in [1.807, 2.05) is 46.8 Å². The largest absolute Gasteiger partial charge is 0.507 e. The Balaban J connectivity index is 1.52. The number of phenols is 2. The highest BCUT2D eigenvalue weighted by molar-refractivity contribution is 6.18. The first-order valence-corrected chi connectivity index (χ1v) is 20.0. The molecule has 2 heterocycles. The van der Waals surface area contributed by atoms with Gasteiger partial charge in [-0.25, -0.2) is 4.79 Å². The van der Waals surface area contributed by atoms with Gasteiger partial charge in [0.15, 0.2) is 22.8 Å². The van der Waals surface area contributed by atoms with Crippen molar-refractivity contribution in [3.63, 3.8) is 0 Å². The van der Waals surface area contributed by atoms with E-state index in [2.05, 4.69) is 37.5 Å². The van der Waals surface area contributed by atoms with E-state index in [1.165, 1.54) is 5.57 Å². The molecule has 1 aromatic carbocycles. The van der Waals surface area contributed by atoms with Crippen molar-refractivity contribution in [1.29, 1.82) is 0 Å². The van der Waals surface area contributed by atoms with Gasteiger partial charge in [0.1, 0.15) is 22.8 Å². The Morgan fingerprint density at radius 1 is 0.927 bits per heavy atom. The number of fused-ring (bicyclic) bond motifs is 1. The molecule has 2 aliphatic heterocycles. The molecule has 1 saturated carbocycles. The summed E-state index contributed by atoms with van der Waals surface area (Å²) in [7, 11) is 0. The molecule has 5 aliphatic rings. The number of hydrogen-bond donors (Lipinski definition) is 4. The fourth-order valence-electron chi connectivity index (χ4n) is 8.75. The molecule has 1 spiro atoms. The molecule has 3 aliphatic carbocycles. The summed E-state index contributed by atoms with van der Waals surface area (Å²) in [5.74, 6) is -2.52. The predicted octanol–water partition coefficient (Wildman–Crippen LogP) is 7.32. The number of phenolic OH excluding ortho intramolecular Hbond substituents is 2. The van der Waals surface area contributed by atoms with Crippen LogP contribution in [0.3, 0.4) is 0 Å². The van der Waals surface area contributed by atoms with Crippen LogP contribution in [0.2, 0.25) is 0 Å². The zero-order valence-electron chi connectivity index (χ0n) is 34.4. The van der Waals surface area contributed by atoms with E-state index in [9.17, 15) is 24.6 Å². The van der Waals surface area contributed by atoms with Crippen molar-refractivity contribution in [2.75, 3.05) is 32.8 Å². The van der Waals surface area contributed by atoms with Gasteiger partial charge in [0.05, 0.1) is 12.2 Å². The lowest BCUT2D eigenvalue weighted by Crippen LogP contribution is -2.72. The van der Waals surface area contributed by atoms with Gasteiger partial charge in [-0.15, -0.1) is 0 Å². The first-order chi connectivity index (χ1) is 26.0. The first-order valence-electron chi connectivity index (χ1n) is 20.0. The van der Waals surface area contributed by atoms with E-state index >= 15 is 0 Å². The van der Waals surface area contributed by atoms with Crippen LogP contribution in [0.1, 0.15) is 116 Å². The maximum Gasteiger partial charge on any atom is 0.333 e. The Morgan fingerprint density at radius 3 is 2.31 bits per heavy atom. The van der Waals surface area contributed by atoms with Gasteiger partial charge in [-0.2, -0.15) is 0 Å². The number of aromatic hydroxyl groups is 2. The second kappa shape index (κ2) is 17.0. The lowest BCUT2D eigenvalue weighted by Gasteiger charge is -2.56. The standard InChI is InChI=1S/C45H62N2O8/c1-10-46-22-23-47-21-12-24-53-42(52)30(7)19-20-44-41(51)31-25-34-39(50)36-38(49)32(18-16-29(6)14-11-13-27(2)3)37(48)33(17-15-28(4)5)40(36)54-45(34,44)35(26-31)43(8,9)55-44/h13,15-16,19,25,31,35,46-49H,10-12,14,17-18,20-24,26H2,1-9H3/b29-16+,30-19-. The van der Waals surface area contributed by atoms with Crippen LogP contribution in [0.5, 0.6) is 17.2 Å². The lowest BCUT2D eigenvalue weighted by atomic mass is 9.51. The Labute approximate surface area is 327 Å². The van der Waals surface area contributed by atoms with Crippen LogP contribution in [0.4, 0.5) is 0 Å². The van der Waals surface area contributed by atoms with Gasteiger partial charge in [0.25, 0.3) is 0 Å². The van der Waals surface area contributed by atoms with E-state index in [-0.39, 0.29) is 65.6 Å². The van der Waals surface area contributed by atoms with Gasteiger partial charge in [-0.05, 0) is 107 Å². The van der Waals surface area contributed by atoms with Gasteiger partial charge < -0.3 is 35.1 Å². The van der Waals surface area contributed by atoms with Crippen LogP contribution in [-0.2, 0) is 31.9 Å². The molecular weight excluding hydrogens is 697 g/mol. The average molecular weight is 759 g/mol. The number of Topliss-reactive ketones (excluding diaryl/α,β-unsaturated/α-hetero) is 2. The Kier molecular flexibility index (Phi) is 13.0. The summed E-state index contributed by atoms with van der Waals surface area (Å²) in [5, 5.41) is 30.3. The third kappa shape index (κ3) is 8.00. The number of hydrogen-bond acceptors (Lipinski definition) is 10. The van der Waals surface area contributed by atoms with Gasteiger partial charge in [0, 0.05) is 53.6 Å². The molecule has 6 rings (SSSR count). The Morgan fingerprint density at radius 2 is 1.62 bits per heavy atom. The number of allylic oxidation sites excluding steroid dienone is 7. The smallest absolute Gasteiger partial charge is 0.333 e. The highest BCUT2D eigenvalue weighted by atomic mass is 16.6. The minimum absolute atomic E-state index is 0.00352. The van der Waals surface area contributed by atoms with Crippen LogP contribution < -0.4 is 15.4 Å². The first kappa shape index (κ1) is 42.2. The summed E-state index contributed by atoms with van der Waals surface area (Å²) in [6, 6.07) is 0. The zero-order chi connectivity index (χ0) is 40.3. The molecule has 2 fully saturated rings. The van der Waals surface area contributed by atoms with Gasteiger partial charge >= 0.3 is 5.97 Å². The molecular formula is C45H62N2O8. The Bertz CT molecular complexity index is 1840. The molecule has 4 atom stereocenters. The Hall–Kier alpha value is -3.99. The maximum absolute atomic E-state index is 14.9. The van der Waals surface area contributed by atoms with Crippen LogP contribution in [0.15, 0.2) is 58.2 Å². The van der Waals surface area contributed by atoms with Crippen molar-refractivity contribution in [3.05, 3.63) is 74.9 Å². The summed E-state index contributed by atoms with van der Waals surface area (Å²) in [6.45, 7) is 21.1. The number of carbonyl (C=O) groups excluding carboxylic acids is 3. The summed E-state index contributed by atoms with van der Waals surface area (Å²) in [4.78, 5) is 42.6. The number of benzene rings is 1. The molecule has 4 N–H and O–H groups in total. The molecule has 300 valence electrons. The van der Waals surface area contributed by atoms with Crippen molar-refractivity contribution in [3.8, 4) is 17.2 Å². The number of ether oxygens (including phenoxy) is 3. The van der Waals surface area contributed by atoms with E-state index in [0.29, 0.717) is 30.5 Å². The molecule has 4 bridgehead atoms. The van der Waals surface area contributed by atoms with Crippen molar-refractivity contribution in [2.45, 2.75) is 124 Å². The predicted molar refractivity (Wildman–Crippen MR) is 215 cm³/mol. The summed E-state index contributed by atoms with van der Waals surface area (Å²) < 4.78 is 19.5. The highest BCUT2D eigenvalue weighted by Gasteiger charge is 2.81. The minimum atomic E-state index is -1.64. The maximum atomic E-state index is 14.9. The number of nitrogens with one attached hydrogen (secondary N) is 2. The van der Waals surface area contributed by atoms with Crippen LogP contribution in [0.25, 0.3) is 0 Å². The van der Waals surface area contributed by atoms with Gasteiger partial charge in [-0.1, -0.05) is 54.0 Å². The molecule has 0 amide bonds. The third-order valence-corrected chi connectivity index (χ3v) is 11.6. The van der Waals surface area contributed by atoms with Crippen LogP contribution in [0, 0.1) is 11.8 Å². The molecule has 10 nitrogen and oxygen atoms in total. The lowest BCUT2D eigenvalue weighted by molar-refractivity contribution is -0.171. The summed E-state index contributed by atoms with van der Waals surface area (Å²) >= 11 is 0. The second-order valence-corrected chi connectivity index (χ2v) is 16.6. The second-order valence-electron chi connectivity index (χ2n) is 16.6. The summed E-state index contributed by atoms with van der Waals surface area (Å²) in [6.07, 6.45) is 12.7. The normalized spacial score (nSPS) is 24.9. The molecule has 0 radical (unpaired) electrons. The SMILES string of the molecule is CCNCCNCCCOC(=O)/C(C)=C\CC12OC(C)(C)C3CC(C=C4C(=O)c5c(O)c(C/C=C(\C)CCC=C(C)C)c(O)c(CC=C(C)C)c5OC431)C2=O. The average Bonchev–Trinajstić information content (AvgIpc) is 3.27. The highest BCUT2D eigenvalue weighted by Crippen LogP contribution is 2.68. The number of likely N-dealkylation sites (N-methyl/N-ethyl adjacent to an activating group) is 1. The quantitative estimate of drug-likeness (QED) is 0.0521. The summed E-state index contributed by atoms with van der Waals surface area (Å²) in [5.41, 5.74) is 0.521. The van der Waals surface area contributed by atoms with E-state index in [0.717, 1.165) is 43.6 Å². The van der Waals surface area contributed by atoms with Crippen molar-refractivity contribution >= 4 is 17.5 Å². The molecule has 1 aromatic rings. The molecule has 1 saturated heterocycles.